The molecule has 118 valence electrons. The van der Waals surface area contributed by atoms with Crippen LogP contribution in [0.3, 0.4) is 0 Å². The van der Waals surface area contributed by atoms with Gasteiger partial charge in [-0.25, -0.2) is 9.97 Å². The minimum atomic E-state index is 0.346. The van der Waals surface area contributed by atoms with Crippen LogP contribution in [-0.4, -0.2) is 19.5 Å². The molecule has 2 aromatic heterocycles. The van der Waals surface area contributed by atoms with E-state index in [-0.39, 0.29) is 0 Å². The highest BCUT2D eigenvalue weighted by atomic mass is 15.2. The maximum absolute atomic E-state index is 5.98. The number of hydrogen-bond acceptors (Lipinski definition) is 4. The van der Waals surface area contributed by atoms with Crippen molar-refractivity contribution in [3.63, 3.8) is 0 Å². The van der Waals surface area contributed by atoms with Gasteiger partial charge in [0.25, 0.3) is 0 Å². The molecule has 0 unspecified atom stereocenters. The van der Waals surface area contributed by atoms with Gasteiger partial charge < -0.3 is 10.3 Å². The van der Waals surface area contributed by atoms with Crippen molar-refractivity contribution in [2.75, 3.05) is 5.73 Å². The van der Waals surface area contributed by atoms with Crippen LogP contribution in [0.15, 0.2) is 24.3 Å². The molecular formula is C18H21N5. The third-order valence-electron chi connectivity index (χ3n) is 4.89. The smallest absolute Gasteiger partial charge is 0.222 e. The number of nitrogens with two attached hydrogens (primary N) is 1. The number of nitrogens with zero attached hydrogens (tertiary/aromatic N) is 4. The summed E-state index contributed by atoms with van der Waals surface area (Å²) in [5, 5.41) is 0. The van der Waals surface area contributed by atoms with Crippen molar-refractivity contribution < 1.29 is 0 Å². The molecule has 1 aliphatic carbocycles. The summed E-state index contributed by atoms with van der Waals surface area (Å²) in [5.74, 6) is 1.73. The first-order valence-electron chi connectivity index (χ1n) is 8.21. The second-order valence-electron chi connectivity index (χ2n) is 6.43. The number of nitrogen functional groups attached to an aromatic ring is 1. The third-order valence-corrected chi connectivity index (χ3v) is 4.89. The van der Waals surface area contributed by atoms with E-state index in [0.29, 0.717) is 11.9 Å². The van der Waals surface area contributed by atoms with Crippen LogP contribution in [0.4, 0.5) is 5.95 Å². The molecule has 0 saturated heterocycles. The first-order valence-corrected chi connectivity index (χ1v) is 8.21. The zero-order valence-electron chi connectivity index (χ0n) is 13.6. The highest BCUT2D eigenvalue weighted by Crippen LogP contribution is 2.37. The van der Waals surface area contributed by atoms with Gasteiger partial charge >= 0.3 is 0 Å². The summed E-state index contributed by atoms with van der Waals surface area (Å²) in [6.45, 7) is 2.10. The summed E-state index contributed by atoms with van der Waals surface area (Å²) in [6.07, 6.45) is 4.85. The van der Waals surface area contributed by atoms with E-state index >= 15 is 0 Å². The van der Waals surface area contributed by atoms with E-state index in [1.165, 1.54) is 31.2 Å². The fourth-order valence-electron chi connectivity index (χ4n) is 3.65. The highest BCUT2D eigenvalue weighted by molar-refractivity contribution is 5.81. The Hall–Kier alpha value is -2.43. The predicted octanol–water partition coefficient (Wildman–Crippen LogP) is 3.58. The first-order chi connectivity index (χ1) is 11.1. The van der Waals surface area contributed by atoms with Crippen LogP contribution in [0.25, 0.3) is 22.6 Å². The van der Waals surface area contributed by atoms with E-state index < -0.39 is 0 Å². The Morgan fingerprint density at radius 2 is 1.83 bits per heavy atom. The van der Waals surface area contributed by atoms with Gasteiger partial charge in [0.15, 0.2) is 5.65 Å². The van der Waals surface area contributed by atoms with Crippen LogP contribution >= 0.6 is 0 Å². The molecule has 4 rings (SSSR count). The average molecular weight is 307 g/mol. The fraction of sp³-hybridized carbons (Fsp3) is 0.389. The Morgan fingerprint density at radius 1 is 1.09 bits per heavy atom. The van der Waals surface area contributed by atoms with Crippen LogP contribution in [0, 0.1) is 6.92 Å². The second-order valence-corrected chi connectivity index (χ2v) is 6.43. The number of aryl methyl sites for hydroxylation is 2. The van der Waals surface area contributed by atoms with Gasteiger partial charge in [-0.2, -0.15) is 4.98 Å². The van der Waals surface area contributed by atoms with Crippen molar-refractivity contribution in [3.05, 3.63) is 35.5 Å². The summed E-state index contributed by atoms with van der Waals surface area (Å²) in [7, 11) is 2.00. The molecule has 1 saturated carbocycles. The van der Waals surface area contributed by atoms with Crippen LogP contribution in [-0.2, 0) is 7.05 Å². The van der Waals surface area contributed by atoms with Gasteiger partial charge in [0.1, 0.15) is 11.3 Å². The Balaban J connectivity index is 1.97. The monoisotopic (exact) mass is 307 g/mol. The molecule has 2 N–H and O–H groups in total. The molecule has 0 spiro atoms. The van der Waals surface area contributed by atoms with E-state index in [1.807, 2.05) is 23.7 Å². The van der Waals surface area contributed by atoms with Crippen LogP contribution in [0.1, 0.15) is 42.9 Å². The molecular weight excluding hydrogens is 286 g/mol. The number of aromatic nitrogens is 4. The summed E-state index contributed by atoms with van der Waals surface area (Å²) in [4.78, 5) is 13.9. The Morgan fingerprint density at radius 3 is 2.57 bits per heavy atom. The van der Waals surface area contributed by atoms with E-state index in [2.05, 4.69) is 29.0 Å². The number of imidazole rings is 1. The predicted molar refractivity (Wildman–Crippen MR) is 92.1 cm³/mol. The minimum Gasteiger partial charge on any atom is -0.368 e. The summed E-state index contributed by atoms with van der Waals surface area (Å²) in [5.41, 5.74) is 11.1. The second kappa shape index (κ2) is 5.33. The number of benzene rings is 1. The summed E-state index contributed by atoms with van der Waals surface area (Å²) >= 11 is 0. The molecule has 3 aromatic rings. The molecule has 0 amide bonds. The molecule has 23 heavy (non-hydrogen) atoms. The van der Waals surface area contributed by atoms with E-state index in [9.17, 15) is 0 Å². The third kappa shape index (κ3) is 2.27. The molecule has 5 heteroatoms. The van der Waals surface area contributed by atoms with Crippen molar-refractivity contribution >= 4 is 17.1 Å². The van der Waals surface area contributed by atoms with E-state index in [4.69, 9.17) is 10.7 Å². The van der Waals surface area contributed by atoms with Crippen molar-refractivity contribution in [1.82, 2.24) is 19.5 Å². The SMILES string of the molecule is Cc1ccccc1-c1nc2c(C3CCCC3)nc(N)nc2n1C. The molecule has 5 nitrogen and oxygen atoms in total. The molecule has 2 heterocycles. The van der Waals surface area contributed by atoms with Crippen molar-refractivity contribution in [2.24, 2.45) is 7.05 Å². The number of hydrogen-bond donors (Lipinski definition) is 1. The van der Waals surface area contributed by atoms with Crippen molar-refractivity contribution in [2.45, 2.75) is 38.5 Å². The van der Waals surface area contributed by atoms with Gasteiger partial charge in [0.2, 0.25) is 5.95 Å². The maximum atomic E-state index is 5.98. The number of anilines is 1. The zero-order chi connectivity index (χ0) is 16.0. The van der Waals surface area contributed by atoms with Crippen molar-refractivity contribution in [1.29, 1.82) is 0 Å². The normalized spacial score (nSPS) is 15.6. The van der Waals surface area contributed by atoms with E-state index in [1.54, 1.807) is 0 Å². The number of rotatable bonds is 2. The largest absolute Gasteiger partial charge is 0.368 e. The molecule has 1 aliphatic rings. The maximum Gasteiger partial charge on any atom is 0.222 e. The fourth-order valence-corrected chi connectivity index (χ4v) is 3.65. The first kappa shape index (κ1) is 14.2. The van der Waals surface area contributed by atoms with Crippen LogP contribution in [0.5, 0.6) is 0 Å². The van der Waals surface area contributed by atoms with Crippen molar-refractivity contribution in [3.8, 4) is 11.4 Å². The van der Waals surface area contributed by atoms with Gasteiger partial charge in [-0.1, -0.05) is 37.1 Å². The lowest BCUT2D eigenvalue weighted by atomic mass is 10.0. The van der Waals surface area contributed by atoms with Gasteiger partial charge in [-0.15, -0.1) is 0 Å². The van der Waals surface area contributed by atoms with Gasteiger partial charge in [0, 0.05) is 18.5 Å². The van der Waals surface area contributed by atoms with Crippen LogP contribution < -0.4 is 5.73 Å². The Kier molecular flexibility index (Phi) is 3.29. The van der Waals surface area contributed by atoms with Crippen LogP contribution in [0.2, 0.25) is 0 Å². The molecule has 0 radical (unpaired) electrons. The quantitative estimate of drug-likeness (QED) is 0.785. The van der Waals surface area contributed by atoms with E-state index in [0.717, 1.165) is 28.2 Å². The lowest BCUT2D eigenvalue weighted by Crippen LogP contribution is -2.05. The topological polar surface area (TPSA) is 69.6 Å². The molecule has 0 atom stereocenters. The van der Waals surface area contributed by atoms with Gasteiger partial charge in [-0.3, -0.25) is 0 Å². The lowest BCUT2D eigenvalue weighted by molar-refractivity contribution is 0.702. The van der Waals surface area contributed by atoms with Gasteiger partial charge in [0.05, 0.1) is 5.69 Å². The Bertz CT molecular complexity index is 874. The lowest BCUT2D eigenvalue weighted by Gasteiger charge is -2.09. The summed E-state index contributed by atoms with van der Waals surface area (Å²) < 4.78 is 2.04. The molecule has 0 bridgehead atoms. The molecule has 1 aromatic carbocycles. The highest BCUT2D eigenvalue weighted by Gasteiger charge is 2.25. The zero-order valence-corrected chi connectivity index (χ0v) is 13.6. The molecule has 0 aliphatic heterocycles. The Labute approximate surface area is 135 Å². The minimum absolute atomic E-state index is 0.346. The van der Waals surface area contributed by atoms with Gasteiger partial charge in [-0.05, 0) is 25.3 Å². The number of fused-ring (bicyclic) bond motifs is 1. The summed E-state index contributed by atoms with van der Waals surface area (Å²) in [6, 6.07) is 8.29. The molecule has 1 fully saturated rings. The standard InChI is InChI=1S/C18H21N5/c1-11-7-3-6-10-13(11)16-20-15-14(12-8-4-5-9-12)21-18(19)22-17(15)23(16)2/h3,6-7,10,12H,4-5,8-9H2,1-2H3,(H2,19,21,22). The average Bonchev–Trinajstić information content (AvgIpc) is 3.17.